The highest BCUT2D eigenvalue weighted by Gasteiger charge is 2.40. The maximum absolute atomic E-state index is 3.68. The molecule has 3 aliphatic carbocycles. The molecule has 0 bridgehead atoms. The van der Waals surface area contributed by atoms with Crippen molar-refractivity contribution >= 4 is 59.9 Å². The minimum absolute atomic E-state index is 0. The highest BCUT2D eigenvalue weighted by Crippen LogP contribution is 2.56. The minimum atomic E-state index is -0.0982. The molecule has 11 rings (SSSR count). The number of allylic oxidation sites excluding steroid dienone is 4. The Labute approximate surface area is 386 Å². The van der Waals surface area contributed by atoms with E-state index in [0.29, 0.717) is 0 Å². The average molecular weight is 866 g/mol. The van der Waals surface area contributed by atoms with Crippen LogP contribution < -0.4 is 20.8 Å². The Kier molecular flexibility index (Phi) is 11.9. The van der Waals surface area contributed by atoms with Gasteiger partial charge in [0, 0.05) is 39.1 Å². The highest BCUT2D eigenvalue weighted by atomic mass is 31.0. The molecule has 0 amide bonds. The SMILES string of the molecule is CC1(C)C2=CCCC=C2c2ccc(N(c3ccc(-c4ccc(Nc5ccccc5)c(Nc5ccccc5)c4)cc3)c3cccc4c3-c3ccccc3C4(C)C)cc21.O.Pc1ccccc1. The molecule has 0 aromatic heterocycles. The Morgan fingerprint density at radius 3 is 1.72 bits per heavy atom. The van der Waals surface area contributed by atoms with E-state index in [9.17, 15) is 0 Å². The molecule has 322 valence electrons. The van der Waals surface area contributed by atoms with Crippen LogP contribution in [-0.4, -0.2) is 5.48 Å². The predicted molar refractivity (Wildman–Crippen MR) is 281 cm³/mol. The molecule has 0 radical (unpaired) electrons. The third kappa shape index (κ3) is 8.21. The molecule has 0 spiro atoms. The summed E-state index contributed by atoms with van der Waals surface area (Å²) in [6.07, 6.45) is 7.14. The first kappa shape index (κ1) is 43.3. The van der Waals surface area contributed by atoms with Gasteiger partial charge < -0.3 is 21.0 Å². The quantitative estimate of drug-likeness (QED) is 0.150. The first-order valence-electron chi connectivity index (χ1n) is 22.5. The molecule has 65 heavy (non-hydrogen) atoms. The Balaban J connectivity index is 0.000000611. The van der Waals surface area contributed by atoms with E-state index in [1.807, 2.05) is 42.5 Å². The Bertz CT molecular complexity index is 3050. The zero-order chi connectivity index (χ0) is 43.8. The molecule has 8 aromatic rings. The van der Waals surface area contributed by atoms with E-state index in [1.54, 1.807) is 0 Å². The molecule has 0 saturated heterocycles. The van der Waals surface area contributed by atoms with Gasteiger partial charge in [-0.1, -0.05) is 167 Å². The van der Waals surface area contributed by atoms with Gasteiger partial charge in [-0.2, -0.15) is 0 Å². The van der Waals surface area contributed by atoms with Crippen molar-refractivity contribution in [1.29, 1.82) is 0 Å². The first-order chi connectivity index (χ1) is 31.2. The lowest BCUT2D eigenvalue weighted by atomic mass is 9.80. The number of nitrogens with one attached hydrogen (secondary N) is 2. The molecule has 0 heterocycles. The lowest BCUT2D eigenvalue weighted by molar-refractivity contribution is 0.654. The normalized spacial score (nSPS) is 14.4. The van der Waals surface area contributed by atoms with Crippen LogP contribution in [0.15, 0.2) is 212 Å². The summed E-state index contributed by atoms with van der Waals surface area (Å²) < 4.78 is 0. The number of hydrogen-bond donors (Lipinski definition) is 2. The van der Waals surface area contributed by atoms with Crippen LogP contribution in [0.3, 0.4) is 0 Å². The molecule has 0 saturated carbocycles. The van der Waals surface area contributed by atoms with Gasteiger partial charge in [0.05, 0.1) is 17.1 Å². The number of benzene rings is 8. The molecule has 0 aliphatic heterocycles. The number of para-hydroxylation sites is 2. The van der Waals surface area contributed by atoms with Crippen molar-refractivity contribution in [2.24, 2.45) is 0 Å². The van der Waals surface area contributed by atoms with Crippen molar-refractivity contribution in [3.8, 4) is 22.3 Å². The summed E-state index contributed by atoms with van der Waals surface area (Å²) >= 11 is 0. The summed E-state index contributed by atoms with van der Waals surface area (Å²) in [4.78, 5) is 2.50. The van der Waals surface area contributed by atoms with Gasteiger partial charge in [0.1, 0.15) is 0 Å². The van der Waals surface area contributed by atoms with Crippen molar-refractivity contribution < 1.29 is 5.48 Å². The van der Waals surface area contributed by atoms with Crippen LogP contribution in [0.2, 0.25) is 0 Å². The zero-order valence-corrected chi connectivity index (χ0v) is 38.7. The van der Waals surface area contributed by atoms with E-state index in [1.165, 1.54) is 61.2 Å². The monoisotopic (exact) mass is 865 g/mol. The molecular weight excluding hydrogens is 810 g/mol. The Morgan fingerprint density at radius 2 is 1.05 bits per heavy atom. The zero-order valence-electron chi connectivity index (χ0n) is 37.6. The first-order valence-corrected chi connectivity index (χ1v) is 23.0. The van der Waals surface area contributed by atoms with E-state index in [2.05, 4.69) is 216 Å². The Hall–Kier alpha value is -6.97. The second-order valence-electron chi connectivity index (χ2n) is 18.1. The summed E-state index contributed by atoms with van der Waals surface area (Å²) in [5.41, 5.74) is 20.8. The fourth-order valence-electron chi connectivity index (χ4n) is 9.99. The maximum Gasteiger partial charge on any atom is 0.0629 e. The van der Waals surface area contributed by atoms with Crippen LogP contribution in [0.5, 0.6) is 0 Å². The van der Waals surface area contributed by atoms with E-state index in [4.69, 9.17) is 0 Å². The largest absolute Gasteiger partial charge is 0.412 e. The van der Waals surface area contributed by atoms with Crippen LogP contribution in [0.1, 0.15) is 62.8 Å². The highest BCUT2D eigenvalue weighted by molar-refractivity contribution is 7.27. The molecule has 4 N–H and O–H groups in total. The lowest BCUT2D eigenvalue weighted by Gasteiger charge is -2.30. The van der Waals surface area contributed by atoms with Gasteiger partial charge in [-0.15, -0.1) is 9.24 Å². The predicted octanol–water partition coefficient (Wildman–Crippen LogP) is 15.4. The van der Waals surface area contributed by atoms with Crippen molar-refractivity contribution in [1.82, 2.24) is 0 Å². The summed E-state index contributed by atoms with van der Waals surface area (Å²) in [5, 5.41) is 8.55. The molecule has 8 aromatic carbocycles. The van der Waals surface area contributed by atoms with Gasteiger partial charge >= 0.3 is 0 Å². The van der Waals surface area contributed by atoms with Crippen LogP contribution in [-0.2, 0) is 10.8 Å². The number of hydrogen-bond acceptors (Lipinski definition) is 3. The van der Waals surface area contributed by atoms with Crippen molar-refractivity contribution in [3.05, 3.63) is 234 Å². The van der Waals surface area contributed by atoms with Crippen LogP contribution >= 0.6 is 9.24 Å². The Morgan fingerprint density at radius 1 is 0.462 bits per heavy atom. The summed E-state index contributed by atoms with van der Waals surface area (Å²) in [6, 6.07) is 69.7. The van der Waals surface area contributed by atoms with Crippen molar-refractivity contribution in [2.45, 2.75) is 51.4 Å². The van der Waals surface area contributed by atoms with Gasteiger partial charge in [0.15, 0.2) is 0 Å². The van der Waals surface area contributed by atoms with Crippen molar-refractivity contribution in [3.63, 3.8) is 0 Å². The van der Waals surface area contributed by atoms with Gasteiger partial charge in [0.25, 0.3) is 0 Å². The number of nitrogens with zero attached hydrogens (tertiary/aromatic N) is 1. The lowest BCUT2D eigenvalue weighted by Crippen LogP contribution is -2.18. The minimum Gasteiger partial charge on any atom is -0.412 e. The van der Waals surface area contributed by atoms with Crippen LogP contribution in [0.25, 0.3) is 27.8 Å². The summed E-state index contributed by atoms with van der Waals surface area (Å²) in [6.45, 7) is 9.52. The molecule has 1 unspecified atom stereocenters. The third-order valence-corrected chi connectivity index (χ3v) is 13.6. The topological polar surface area (TPSA) is 58.8 Å². The van der Waals surface area contributed by atoms with E-state index in [0.717, 1.165) is 52.4 Å². The molecular formula is C60H56N3OP. The van der Waals surface area contributed by atoms with Crippen LogP contribution in [0.4, 0.5) is 39.8 Å². The van der Waals surface area contributed by atoms with Gasteiger partial charge in [-0.3, -0.25) is 0 Å². The van der Waals surface area contributed by atoms with Gasteiger partial charge in [-0.05, 0) is 135 Å². The standard InChI is InChI=1S/C54H47N3.C6H7P.H2O/c1-53(2)46-23-14-12-21-44(46)52-47(53)24-15-25-51(52)57(41-31-32-43-42-20-11-13-22-45(42)54(3,4)48(43)35-41)40-29-26-36(27-30-40)37-28-33-49(55-38-16-7-5-8-17-38)50(34-37)56-39-18-9-6-10-19-39;7-6-4-2-1-3-5-6;/h5-10,12,14-35,55-56H,11,13H2,1-4H3;1-5H,7H2;1H2. The average Bonchev–Trinajstić information content (AvgIpc) is 3.71. The van der Waals surface area contributed by atoms with Crippen LogP contribution in [0, 0.1) is 0 Å². The molecule has 1 atom stereocenters. The molecule has 4 nitrogen and oxygen atoms in total. The summed E-state index contributed by atoms with van der Waals surface area (Å²) in [7, 11) is 2.63. The fourth-order valence-corrected chi connectivity index (χ4v) is 10.2. The van der Waals surface area contributed by atoms with E-state index >= 15 is 0 Å². The second kappa shape index (κ2) is 17.9. The number of fused-ring (bicyclic) bond motifs is 6. The molecule has 3 aliphatic rings. The van der Waals surface area contributed by atoms with E-state index < -0.39 is 0 Å². The number of anilines is 7. The fraction of sp³-hybridized carbons (Fsp3) is 0.133. The smallest absolute Gasteiger partial charge is 0.0629 e. The summed E-state index contributed by atoms with van der Waals surface area (Å²) in [5.74, 6) is 0. The number of rotatable bonds is 8. The van der Waals surface area contributed by atoms with Gasteiger partial charge in [-0.25, -0.2) is 0 Å². The molecule has 0 fully saturated rings. The van der Waals surface area contributed by atoms with E-state index in [-0.39, 0.29) is 16.3 Å². The van der Waals surface area contributed by atoms with Gasteiger partial charge in [0.2, 0.25) is 0 Å². The third-order valence-electron chi connectivity index (χ3n) is 13.3. The maximum atomic E-state index is 3.68. The van der Waals surface area contributed by atoms with Crippen molar-refractivity contribution in [2.75, 3.05) is 15.5 Å². The second-order valence-corrected chi connectivity index (χ2v) is 18.7. The molecule has 5 heteroatoms.